The maximum atomic E-state index is 8.99. The molecule has 0 amide bonds. The lowest BCUT2D eigenvalue weighted by molar-refractivity contribution is 0.504. The van der Waals surface area contributed by atoms with Gasteiger partial charge in [-0.15, -0.1) is 0 Å². The van der Waals surface area contributed by atoms with E-state index in [9.17, 15) is 0 Å². The quantitative estimate of drug-likeness (QED) is 0.617. The van der Waals surface area contributed by atoms with E-state index in [0.717, 1.165) is 37.2 Å². The predicted molar refractivity (Wildman–Crippen MR) is 112 cm³/mol. The van der Waals surface area contributed by atoms with Gasteiger partial charge in [0, 0.05) is 13.1 Å². The Kier molecular flexibility index (Phi) is 9.76. The highest BCUT2D eigenvalue weighted by Gasteiger charge is 2.23. The molecular weight excluding hydrogens is 342 g/mol. The third kappa shape index (κ3) is 5.22. The van der Waals surface area contributed by atoms with Crippen LogP contribution >= 0.6 is 11.6 Å². The molecule has 0 N–H and O–H groups in total. The summed E-state index contributed by atoms with van der Waals surface area (Å²) in [6, 6.07) is 12.7. The molecule has 1 fully saturated rings. The van der Waals surface area contributed by atoms with Crippen LogP contribution in [0.5, 0.6) is 0 Å². The molecule has 140 valence electrons. The topological polar surface area (TPSA) is 39.9 Å². The molecule has 1 aliphatic heterocycles. The van der Waals surface area contributed by atoms with Crippen molar-refractivity contribution in [2.75, 3.05) is 18.0 Å². The number of hydrogen-bond donors (Lipinski definition) is 0. The lowest BCUT2D eigenvalue weighted by atomic mass is 9.89. The van der Waals surface area contributed by atoms with E-state index < -0.39 is 0 Å². The Balaban J connectivity index is 0.000000791. The number of nitrogens with zero attached hydrogens (tertiary/aromatic N) is 3. The van der Waals surface area contributed by atoms with Gasteiger partial charge < -0.3 is 4.90 Å². The average molecular weight is 372 g/mol. The van der Waals surface area contributed by atoms with Crippen molar-refractivity contribution in [1.82, 2.24) is 4.98 Å². The maximum absolute atomic E-state index is 8.99. The van der Waals surface area contributed by atoms with Crippen molar-refractivity contribution in [2.24, 2.45) is 0 Å². The number of pyridine rings is 1. The summed E-state index contributed by atoms with van der Waals surface area (Å²) in [4.78, 5) is 6.50. The zero-order valence-corrected chi connectivity index (χ0v) is 17.3. The van der Waals surface area contributed by atoms with Crippen LogP contribution in [0.3, 0.4) is 0 Å². The molecule has 0 saturated carbocycles. The highest BCUT2D eigenvalue weighted by atomic mass is 35.5. The first-order valence-corrected chi connectivity index (χ1v) is 9.93. The van der Waals surface area contributed by atoms with E-state index in [1.807, 2.05) is 40.7 Å². The van der Waals surface area contributed by atoms with E-state index in [0.29, 0.717) is 16.6 Å². The van der Waals surface area contributed by atoms with Crippen LogP contribution in [0.15, 0.2) is 36.5 Å². The Labute approximate surface area is 163 Å². The first-order chi connectivity index (χ1) is 12.7. The van der Waals surface area contributed by atoms with Gasteiger partial charge in [-0.2, -0.15) is 5.26 Å². The van der Waals surface area contributed by atoms with E-state index in [4.69, 9.17) is 16.9 Å². The summed E-state index contributed by atoms with van der Waals surface area (Å²) < 4.78 is 0. The minimum Gasteiger partial charge on any atom is -0.370 e. The van der Waals surface area contributed by atoms with Crippen molar-refractivity contribution in [3.8, 4) is 6.07 Å². The van der Waals surface area contributed by atoms with Crippen molar-refractivity contribution < 1.29 is 0 Å². The SMILES string of the molecule is CC.CC.Cc1c(N2CCC(c3ccccc3)CC2)cnc(C#N)c1Cl. The average Bonchev–Trinajstić information content (AvgIpc) is 2.74. The molecule has 0 bridgehead atoms. The fourth-order valence-electron chi connectivity index (χ4n) is 3.14. The number of halogens is 1. The van der Waals surface area contributed by atoms with Crippen molar-refractivity contribution in [1.29, 1.82) is 5.26 Å². The molecular formula is C22H30ClN3. The van der Waals surface area contributed by atoms with E-state index in [2.05, 4.69) is 40.2 Å². The first kappa shape index (κ1) is 22.0. The third-order valence-corrected chi connectivity index (χ3v) is 4.91. The lowest BCUT2D eigenvalue weighted by Crippen LogP contribution is -2.33. The van der Waals surface area contributed by atoms with E-state index in [1.54, 1.807) is 6.20 Å². The summed E-state index contributed by atoms with van der Waals surface area (Å²) in [5, 5.41) is 9.47. The normalized spacial score (nSPS) is 13.7. The molecule has 0 radical (unpaired) electrons. The molecule has 2 aromatic rings. The largest absolute Gasteiger partial charge is 0.370 e. The Morgan fingerprint density at radius 2 is 1.65 bits per heavy atom. The number of anilines is 1. The summed E-state index contributed by atoms with van der Waals surface area (Å²) in [5.41, 5.74) is 3.74. The highest BCUT2D eigenvalue weighted by Crippen LogP contribution is 2.33. The van der Waals surface area contributed by atoms with Crippen LogP contribution in [-0.4, -0.2) is 18.1 Å². The molecule has 3 nitrogen and oxygen atoms in total. The first-order valence-electron chi connectivity index (χ1n) is 9.55. The highest BCUT2D eigenvalue weighted by molar-refractivity contribution is 6.32. The lowest BCUT2D eigenvalue weighted by Gasteiger charge is -2.34. The second-order valence-electron chi connectivity index (χ2n) is 5.71. The van der Waals surface area contributed by atoms with E-state index in [-0.39, 0.29) is 0 Å². The molecule has 1 saturated heterocycles. The zero-order valence-electron chi connectivity index (χ0n) is 16.6. The molecule has 0 atom stereocenters. The van der Waals surface area contributed by atoms with Gasteiger partial charge >= 0.3 is 0 Å². The molecule has 1 aliphatic rings. The van der Waals surface area contributed by atoms with Crippen molar-refractivity contribution in [2.45, 2.75) is 53.4 Å². The fourth-order valence-corrected chi connectivity index (χ4v) is 3.33. The van der Waals surface area contributed by atoms with Crippen LogP contribution in [0.1, 0.15) is 63.3 Å². The van der Waals surface area contributed by atoms with Gasteiger partial charge in [0.15, 0.2) is 5.69 Å². The number of benzene rings is 1. The van der Waals surface area contributed by atoms with Gasteiger partial charge in [0.1, 0.15) is 6.07 Å². The molecule has 2 heterocycles. The number of hydrogen-bond acceptors (Lipinski definition) is 3. The molecule has 0 unspecified atom stereocenters. The second-order valence-corrected chi connectivity index (χ2v) is 6.09. The van der Waals surface area contributed by atoms with Gasteiger partial charge in [-0.1, -0.05) is 69.6 Å². The van der Waals surface area contributed by atoms with Gasteiger partial charge in [0.05, 0.1) is 16.9 Å². The van der Waals surface area contributed by atoms with E-state index in [1.165, 1.54) is 5.56 Å². The zero-order chi connectivity index (χ0) is 19.5. The van der Waals surface area contributed by atoms with Gasteiger partial charge in [-0.25, -0.2) is 4.98 Å². The van der Waals surface area contributed by atoms with Crippen LogP contribution in [0.25, 0.3) is 0 Å². The van der Waals surface area contributed by atoms with Gasteiger partial charge in [-0.3, -0.25) is 0 Å². The summed E-state index contributed by atoms with van der Waals surface area (Å²) in [6.45, 7) is 11.9. The predicted octanol–water partition coefficient (Wildman–Crippen LogP) is 6.35. The summed E-state index contributed by atoms with van der Waals surface area (Å²) in [7, 11) is 0. The van der Waals surface area contributed by atoms with Crippen LogP contribution in [-0.2, 0) is 0 Å². The van der Waals surface area contributed by atoms with Crippen molar-refractivity contribution >= 4 is 17.3 Å². The van der Waals surface area contributed by atoms with Crippen LogP contribution < -0.4 is 4.90 Å². The van der Waals surface area contributed by atoms with Crippen molar-refractivity contribution in [3.05, 3.63) is 58.4 Å². The summed E-state index contributed by atoms with van der Waals surface area (Å²) in [5.74, 6) is 0.625. The minimum absolute atomic E-state index is 0.307. The number of nitriles is 1. The van der Waals surface area contributed by atoms with Gasteiger partial charge in [0.2, 0.25) is 0 Å². The number of piperidine rings is 1. The number of rotatable bonds is 2. The molecule has 4 heteroatoms. The molecule has 26 heavy (non-hydrogen) atoms. The molecule has 1 aromatic heterocycles. The maximum Gasteiger partial charge on any atom is 0.159 e. The second kappa shape index (κ2) is 11.5. The Morgan fingerprint density at radius 1 is 1.08 bits per heavy atom. The Bertz CT molecular complexity index is 699. The van der Waals surface area contributed by atoms with Crippen LogP contribution in [0.4, 0.5) is 5.69 Å². The molecule has 3 rings (SSSR count). The van der Waals surface area contributed by atoms with Crippen LogP contribution in [0, 0.1) is 18.3 Å². The third-order valence-electron chi connectivity index (χ3n) is 4.45. The fraction of sp³-hybridized carbons (Fsp3) is 0.455. The molecule has 0 spiro atoms. The Morgan fingerprint density at radius 3 is 2.19 bits per heavy atom. The van der Waals surface area contributed by atoms with Gasteiger partial charge in [0.25, 0.3) is 0 Å². The van der Waals surface area contributed by atoms with Crippen molar-refractivity contribution in [3.63, 3.8) is 0 Å². The van der Waals surface area contributed by atoms with Crippen LogP contribution in [0.2, 0.25) is 5.02 Å². The van der Waals surface area contributed by atoms with Gasteiger partial charge in [-0.05, 0) is 36.8 Å². The molecule has 1 aromatic carbocycles. The molecule has 0 aliphatic carbocycles. The van der Waals surface area contributed by atoms with E-state index >= 15 is 0 Å². The minimum atomic E-state index is 0.307. The summed E-state index contributed by atoms with van der Waals surface area (Å²) in [6.07, 6.45) is 4.03. The summed E-state index contributed by atoms with van der Waals surface area (Å²) >= 11 is 6.23. The number of aromatic nitrogens is 1. The Hall–Kier alpha value is -2.05. The monoisotopic (exact) mass is 371 g/mol. The standard InChI is InChI=1S/C18H18ClN3.2C2H6/c1-13-17(12-21-16(11-20)18(13)19)22-9-7-15(8-10-22)14-5-3-2-4-6-14;2*1-2/h2-6,12,15H,7-10H2,1H3;2*1-2H3. The smallest absolute Gasteiger partial charge is 0.159 e.